The van der Waals surface area contributed by atoms with Crippen LogP contribution in [0.15, 0.2) is 54.6 Å². The number of hydrogen-bond donors (Lipinski definition) is 3. The number of H-pyrrole nitrogens is 1. The number of nitrogens with one attached hydrogen (secondary N) is 3. The number of aromatic amines is 1. The first-order chi connectivity index (χ1) is 11.7. The minimum absolute atomic E-state index is 0.0364. The minimum Gasteiger partial charge on any atom is -0.351 e. The van der Waals surface area contributed by atoms with Gasteiger partial charge in [0.25, 0.3) is 5.91 Å². The highest BCUT2D eigenvalue weighted by Gasteiger charge is 2.10. The molecule has 1 aromatic heterocycles. The van der Waals surface area contributed by atoms with Gasteiger partial charge in [0.05, 0.1) is 0 Å². The molecule has 0 aliphatic rings. The van der Waals surface area contributed by atoms with Crippen LogP contribution in [-0.2, 0) is 11.3 Å². The molecule has 24 heavy (non-hydrogen) atoms. The van der Waals surface area contributed by atoms with E-state index in [9.17, 15) is 9.59 Å². The van der Waals surface area contributed by atoms with Crippen LogP contribution in [0, 0.1) is 0 Å². The lowest BCUT2D eigenvalue weighted by Crippen LogP contribution is -2.22. The number of fused-ring (bicyclic) bond motifs is 1. The van der Waals surface area contributed by atoms with Crippen molar-refractivity contribution in [2.75, 3.05) is 5.32 Å². The largest absolute Gasteiger partial charge is 0.351 e. The summed E-state index contributed by atoms with van der Waals surface area (Å²) in [5, 5.41) is 6.59. The van der Waals surface area contributed by atoms with Gasteiger partial charge in [0, 0.05) is 29.6 Å². The Labute approximate surface area is 140 Å². The molecule has 0 fully saturated rings. The highest BCUT2D eigenvalue weighted by Crippen LogP contribution is 2.20. The van der Waals surface area contributed by atoms with Gasteiger partial charge in [-0.15, -0.1) is 0 Å². The van der Waals surface area contributed by atoms with Crippen molar-refractivity contribution in [2.24, 2.45) is 0 Å². The van der Waals surface area contributed by atoms with Gasteiger partial charge in [0.1, 0.15) is 5.69 Å². The van der Waals surface area contributed by atoms with Gasteiger partial charge in [-0.2, -0.15) is 0 Å². The fourth-order valence-electron chi connectivity index (χ4n) is 2.46. The van der Waals surface area contributed by atoms with E-state index in [4.69, 9.17) is 0 Å². The number of rotatable bonds is 5. The van der Waals surface area contributed by atoms with Gasteiger partial charge >= 0.3 is 0 Å². The molecule has 5 heteroatoms. The molecule has 0 aliphatic carbocycles. The van der Waals surface area contributed by atoms with Crippen LogP contribution in [0.3, 0.4) is 0 Å². The van der Waals surface area contributed by atoms with Crippen molar-refractivity contribution in [1.29, 1.82) is 0 Å². The summed E-state index contributed by atoms with van der Waals surface area (Å²) in [6.07, 6.45) is 0.429. The molecule has 122 valence electrons. The van der Waals surface area contributed by atoms with Crippen molar-refractivity contribution < 1.29 is 9.59 Å². The first-order valence-electron chi connectivity index (χ1n) is 7.90. The third-order valence-corrected chi connectivity index (χ3v) is 3.77. The summed E-state index contributed by atoms with van der Waals surface area (Å²) >= 11 is 0. The van der Waals surface area contributed by atoms with Crippen LogP contribution in [0.1, 0.15) is 29.4 Å². The third kappa shape index (κ3) is 3.63. The Morgan fingerprint density at radius 2 is 1.83 bits per heavy atom. The van der Waals surface area contributed by atoms with Crippen LogP contribution < -0.4 is 10.6 Å². The minimum atomic E-state index is -0.158. The van der Waals surface area contributed by atoms with Gasteiger partial charge in [0.15, 0.2) is 0 Å². The molecule has 5 nitrogen and oxygen atoms in total. The second kappa shape index (κ2) is 7.00. The lowest BCUT2D eigenvalue weighted by atomic mass is 10.2. The summed E-state index contributed by atoms with van der Waals surface area (Å²) in [6, 6.07) is 17.1. The highest BCUT2D eigenvalue weighted by molar-refractivity contribution is 5.99. The van der Waals surface area contributed by atoms with Crippen molar-refractivity contribution in [1.82, 2.24) is 10.3 Å². The summed E-state index contributed by atoms with van der Waals surface area (Å²) in [5.74, 6) is -0.195. The van der Waals surface area contributed by atoms with Gasteiger partial charge in [-0.05, 0) is 29.8 Å². The molecule has 0 bridgehead atoms. The highest BCUT2D eigenvalue weighted by atomic mass is 16.2. The molecule has 0 saturated carbocycles. The van der Waals surface area contributed by atoms with E-state index in [2.05, 4.69) is 15.6 Å². The second-order valence-electron chi connectivity index (χ2n) is 5.56. The van der Waals surface area contributed by atoms with E-state index < -0.39 is 0 Å². The number of carbonyl (C=O) groups excluding carboxylic acids is 2. The number of carbonyl (C=O) groups is 2. The molecule has 2 aromatic carbocycles. The fourth-order valence-corrected chi connectivity index (χ4v) is 2.46. The van der Waals surface area contributed by atoms with Crippen molar-refractivity contribution in [3.8, 4) is 0 Å². The van der Waals surface area contributed by atoms with Crippen LogP contribution >= 0.6 is 0 Å². The summed E-state index contributed by atoms with van der Waals surface area (Å²) in [5.41, 5.74) is 3.13. The zero-order chi connectivity index (χ0) is 16.9. The van der Waals surface area contributed by atoms with E-state index >= 15 is 0 Å². The maximum absolute atomic E-state index is 12.3. The first-order valence-corrected chi connectivity index (χ1v) is 7.90. The number of anilines is 1. The molecule has 0 atom stereocenters. The molecule has 0 unspecified atom stereocenters. The lowest BCUT2D eigenvalue weighted by molar-refractivity contribution is -0.115. The normalized spacial score (nSPS) is 10.5. The number of amides is 2. The van der Waals surface area contributed by atoms with Crippen LogP contribution in [-0.4, -0.2) is 16.8 Å². The Morgan fingerprint density at radius 1 is 1.04 bits per heavy atom. The molecule has 3 rings (SSSR count). The summed E-state index contributed by atoms with van der Waals surface area (Å²) in [7, 11) is 0. The van der Waals surface area contributed by atoms with Gasteiger partial charge in [-0.3, -0.25) is 9.59 Å². The lowest BCUT2D eigenvalue weighted by Gasteiger charge is -2.03. The number of aromatic nitrogens is 1. The smallest absolute Gasteiger partial charge is 0.267 e. The number of benzene rings is 2. The van der Waals surface area contributed by atoms with Gasteiger partial charge in [-0.1, -0.05) is 37.3 Å². The Kier molecular flexibility index (Phi) is 4.61. The quantitative estimate of drug-likeness (QED) is 0.673. The topological polar surface area (TPSA) is 74.0 Å². The van der Waals surface area contributed by atoms with E-state index in [-0.39, 0.29) is 11.8 Å². The molecule has 3 N–H and O–H groups in total. The third-order valence-electron chi connectivity index (χ3n) is 3.77. The molecule has 0 saturated heterocycles. The summed E-state index contributed by atoms with van der Waals surface area (Å²) < 4.78 is 0. The van der Waals surface area contributed by atoms with Crippen molar-refractivity contribution in [3.05, 3.63) is 65.9 Å². The first kappa shape index (κ1) is 15.8. The molecule has 0 spiro atoms. The fraction of sp³-hybridized carbons (Fsp3) is 0.158. The average Bonchev–Trinajstić information content (AvgIpc) is 3.04. The van der Waals surface area contributed by atoms with Gasteiger partial charge < -0.3 is 15.6 Å². The Balaban J connectivity index is 1.72. The monoisotopic (exact) mass is 321 g/mol. The predicted octanol–water partition coefficient (Wildman–Crippen LogP) is 3.45. The van der Waals surface area contributed by atoms with Gasteiger partial charge in [0.2, 0.25) is 5.91 Å². The van der Waals surface area contributed by atoms with Crippen molar-refractivity contribution >= 4 is 28.4 Å². The molecule has 1 heterocycles. The van der Waals surface area contributed by atoms with E-state index in [1.807, 2.05) is 48.5 Å². The van der Waals surface area contributed by atoms with Crippen LogP contribution in [0.5, 0.6) is 0 Å². The van der Waals surface area contributed by atoms with Crippen molar-refractivity contribution in [3.63, 3.8) is 0 Å². The summed E-state index contributed by atoms with van der Waals surface area (Å²) in [4.78, 5) is 26.9. The van der Waals surface area contributed by atoms with Crippen LogP contribution in [0.25, 0.3) is 10.9 Å². The maximum atomic E-state index is 12.3. The molecule has 2 amide bonds. The molecule has 0 aliphatic heterocycles. The Bertz CT molecular complexity index is 869. The predicted molar refractivity (Wildman–Crippen MR) is 94.8 cm³/mol. The standard InChI is InChI=1S/C19H19N3O2/c1-2-18(23)21-15-8-9-16-14(10-15)11-17(22-16)19(24)20-12-13-6-4-3-5-7-13/h3-11,22H,2,12H2,1H3,(H,20,24)(H,21,23). The molecular formula is C19H19N3O2. The van der Waals surface area contributed by atoms with E-state index in [1.54, 1.807) is 13.0 Å². The van der Waals surface area contributed by atoms with E-state index in [0.717, 1.165) is 22.2 Å². The van der Waals surface area contributed by atoms with E-state index in [1.165, 1.54) is 0 Å². The van der Waals surface area contributed by atoms with Crippen LogP contribution in [0.2, 0.25) is 0 Å². The second-order valence-corrected chi connectivity index (χ2v) is 5.56. The van der Waals surface area contributed by atoms with Crippen LogP contribution in [0.4, 0.5) is 5.69 Å². The summed E-state index contributed by atoms with van der Waals surface area (Å²) in [6.45, 7) is 2.28. The Morgan fingerprint density at radius 3 is 2.58 bits per heavy atom. The van der Waals surface area contributed by atoms with E-state index in [0.29, 0.717) is 18.7 Å². The molecule has 0 radical (unpaired) electrons. The zero-order valence-electron chi connectivity index (χ0n) is 13.4. The average molecular weight is 321 g/mol. The number of hydrogen-bond acceptors (Lipinski definition) is 2. The molecule has 3 aromatic rings. The maximum Gasteiger partial charge on any atom is 0.267 e. The SMILES string of the molecule is CCC(=O)Nc1ccc2[nH]c(C(=O)NCc3ccccc3)cc2c1. The zero-order valence-corrected chi connectivity index (χ0v) is 13.4. The Hall–Kier alpha value is -3.08. The molecular weight excluding hydrogens is 302 g/mol. The van der Waals surface area contributed by atoms with Gasteiger partial charge in [-0.25, -0.2) is 0 Å². The van der Waals surface area contributed by atoms with Crippen molar-refractivity contribution in [2.45, 2.75) is 19.9 Å².